The van der Waals surface area contributed by atoms with Gasteiger partial charge < -0.3 is 0 Å². The normalized spacial score (nSPS) is 13.0. The molecule has 1 aromatic heterocycles. The number of hydrogen-bond acceptors (Lipinski definition) is 2. The van der Waals surface area contributed by atoms with Crippen molar-refractivity contribution in [2.24, 2.45) is 0 Å². The third-order valence-corrected chi connectivity index (χ3v) is 13.3. The topological polar surface area (TPSA) is 25.8 Å². The first kappa shape index (κ1) is 34.0. The van der Waals surface area contributed by atoms with Gasteiger partial charge in [-0.05, 0) is 100 Å². The molecule has 13 rings (SSSR count). The molecule has 0 fully saturated rings. The molecule has 2 aliphatic carbocycles. The first-order valence-corrected chi connectivity index (χ1v) is 21.1. The van der Waals surface area contributed by atoms with Gasteiger partial charge in [-0.15, -0.1) is 0 Å². The number of hydrogen-bond donors (Lipinski definition) is 0. The molecule has 0 atom stereocenters. The molecular formula is C59H36N2. The number of benzene rings is 10. The van der Waals surface area contributed by atoms with Crippen molar-refractivity contribution in [1.82, 2.24) is 9.97 Å². The molecule has 2 nitrogen and oxygen atoms in total. The third kappa shape index (κ3) is 4.79. The van der Waals surface area contributed by atoms with Crippen LogP contribution in [0.1, 0.15) is 22.3 Å². The summed E-state index contributed by atoms with van der Waals surface area (Å²) in [5.74, 6) is 0.711. The van der Waals surface area contributed by atoms with Gasteiger partial charge in [-0.3, -0.25) is 0 Å². The van der Waals surface area contributed by atoms with Gasteiger partial charge in [0.25, 0.3) is 0 Å². The van der Waals surface area contributed by atoms with Crippen LogP contribution >= 0.6 is 0 Å². The molecule has 0 bridgehead atoms. The van der Waals surface area contributed by atoms with Crippen LogP contribution < -0.4 is 0 Å². The predicted octanol–water partition coefficient (Wildman–Crippen LogP) is 14.9. The van der Waals surface area contributed by atoms with E-state index >= 15 is 0 Å². The lowest BCUT2D eigenvalue weighted by atomic mass is 9.70. The maximum atomic E-state index is 5.73. The Morgan fingerprint density at radius 1 is 0.279 bits per heavy atom. The number of fused-ring (bicyclic) bond motifs is 14. The standard InChI is InChI=1S/C59H36N2/c1-2-17-37(18-3-1)40-21-8-9-26-45(40)54-36-55(61-58(60-54)57-42-23-7-5-20-39(42)35-49-41-22-6-4-19-38(41)33-34-46(49)57)48-28-16-32-53-56(48)47-27-12-15-31-52(47)59(53)50-29-13-10-24-43(50)44-25-11-14-30-51(44)59/h1-36H. The van der Waals surface area contributed by atoms with Crippen LogP contribution in [0.25, 0.3) is 99.6 Å². The van der Waals surface area contributed by atoms with E-state index in [2.05, 4.69) is 218 Å². The van der Waals surface area contributed by atoms with Gasteiger partial charge in [-0.25, -0.2) is 9.97 Å². The molecule has 0 saturated carbocycles. The lowest BCUT2D eigenvalue weighted by Crippen LogP contribution is -2.25. The smallest absolute Gasteiger partial charge is 0.161 e. The molecule has 0 unspecified atom stereocenters. The average Bonchev–Trinajstić information content (AvgIpc) is 3.81. The van der Waals surface area contributed by atoms with Crippen LogP contribution in [0.15, 0.2) is 218 Å². The number of aromatic nitrogens is 2. The minimum atomic E-state index is -0.458. The minimum Gasteiger partial charge on any atom is -0.228 e. The van der Waals surface area contributed by atoms with Gasteiger partial charge in [0.1, 0.15) is 0 Å². The second-order valence-corrected chi connectivity index (χ2v) is 16.3. The fourth-order valence-corrected chi connectivity index (χ4v) is 10.8. The van der Waals surface area contributed by atoms with Gasteiger partial charge in [-0.2, -0.15) is 0 Å². The van der Waals surface area contributed by atoms with Gasteiger partial charge in [0, 0.05) is 16.7 Å². The second-order valence-electron chi connectivity index (χ2n) is 16.3. The Morgan fingerprint density at radius 2 is 0.803 bits per heavy atom. The van der Waals surface area contributed by atoms with Crippen LogP contribution in [0, 0.1) is 0 Å². The Bertz CT molecular complexity index is 3560. The van der Waals surface area contributed by atoms with Crippen LogP contribution in [0.5, 0.6) is 0 Å². The molecule has 0 amide bonds. The Kier molecular flexibility index (Phi) is 7.26. The van der Waals surface area contributed by atoms with Crippen LogP contribution in [0.2, 0.25) is 0 Å². The number of rotatable bonds is 4. The monoisotopic (exact) mass is 772 g/mol. The highest BCUT2D eigenvalue weighted by Gasteiger charge is 2.52. The Hall–Kier alpha value is -7.94. The summed E-state index contributed by atoms with van der Waals surface area (Å²) in [7, 11) is 0. The van der Waals surface area contributed by atoms with Crippen molar-refractivity contribution >= 4 is 32.3 Å². The van der Waals surface area contributed by atoms with E-state index in [1.54, 1.807) is 0 Å². The highest BCUT2D eigenvalue weighted by Crippen LogP contribution is 2.64. The first-order valence-electron chi connectivity index (χ1n) is 21.1. The summed E-state index contributed by atoms with van der Waals surface area (Å²) >= 11 is 0. The van der Waals surface area contributed by atoms with Crippen molar-refractivity contribution in [3.05, 3.63) is 241 Å². The van der Waals surface area contributed by atoms with Crippen molar-refractivity contribution in [3.63, 3.8) is 0 Å². The van der Waals surface area contributed by atoms with E-state index in [1.165, 1.54) is 60.7 Å². The van der Waals surface area contributed by atoms with Crippen molar-refractivity contribution in [2.45, 2.75) is 5.41 Å². The molecule has 61 heavy (non-hydrogen) atoms. The van der Waals surface area contributed by atoms with Gasteiger partial charge in [0.15, 0.2) is 5.82 Å². The SMILES string of the molecule is c1ccc(-c2ccccc2-c2cc(-c3cccc4c3-c3ccccc3C43c4ccccc4-c4ccccc43)nc(-c3c4ccccc4cc4c3ccc3ccccc34)n2)cc1. The molecule has 0 N–H and O–H groups in total. The van der Waals surface area contributed by atoms with Crippen molar-refractivity contribution in [3.8, 4) is 67.3 Å². The highest BCUT2D eigenvalue weighted by atomic mass is 14.9. The van der Waals surface area contributed by atoms with E-state index in [9.17, 15) is 0 Å². The highest BCUT2D eigenvalue weighted by molar-refractivity contribution is 6.19. The second kappa shape index (κ2) is 13.0. The average molecular weight is 773 g/mol. The summed E-state index contributed by atoms with van der Waals surface area (Å²) in [5, 5.41) is 7.06. The van der Waals surface area contributed by atoms with E-state index in [4.69, 9.17) is 9.97 Å². The van der Waals surface area contributed by atoms with Crippen LogP contribution in [-0.2, 0) is 5.41 Å². The quantitative estimate of drug-likeness (QED) is 0.132. The van der Waals surface area contributed by atoms with E-state index in [0.29, 0.717) is 5.82 Å². The van der Waals surface area contributed by atoms with Crippen molar-refractivity contribution in [1.29, 1.82) is 0 Å². The largest absolute Gasteiger partial charge is 0.228 e. The van der Waals surface area contributed by atoms with E-state index in [-0.39, 0.29) is 0 Å². The van der Waals surface area contributed by atoms with E-state index in [0.717, 1.165) is 55.4 Å². The molecule has 2 heteroatoms. The third-order valence-electron chi connectivity index (χ3n) is 13.3. The maximum absolute atomic E-state index is 5.73. The van der Waals surface area contributed by atoms with E-state index in [1.807, 2.05) is 0 Å². The summed E-state index contributed by atoms with van der Waals surface area (Å²) in [4.78, 5) is 11.3. The Labute approximate surface area is 354 Å². The zero-order valence-corrected chi connectivity index (χ0v) is 33.2. The van der Waals surface area contributed by atoms with Gasteiger partial charge in [0.2, 0.25) is 0 Å². The van der Waals surface area contributed by atoms with Crippen LogP contribution in [-0.4, -0.2) is 9.97 Å². The number of nitrogens with zero attached hydrogens (tertiary/aromatic N) is 2. The summed E-state index contributed by atoms with van der Waals surface area (Å²) in [6.45, 7) is 0. The fourth-order valence-electron chi connectivity index (χ4n) is 10.8. The first-order chi connectivity index (χ1) is 30.3. The van der Waals surface area contributed by atoms with Crippen molar-refractivity contribution < 1.29 is 0 Å². The molecule has 2 aliphatic rings. The summed E-state index contributed by atoms with van der Waals surface area (Å²) in [6.07, 6.45) is 0. The molecule has 0 radical (unpaired) electrons. The zero-order valence-electron chi connectivity index (χ0n) is 33.2. The molecule has 282 valence electrons. The van der Waals surface area contributed by atoms with Gasteiger partial charge >= 0.3 is 0 Å². The lowest BCUT2D eigenvalue weighted by molar-refractivity contribution is 0.794. The van der Waals surface area contributed by atoms with E-state index < -0.39 is 5.41 Å². The Morgan fingerprint density at radius 3 is 1.54 bits per heavy atom. The predicted molar refractivity (Wildman–Crippen MR) is 253 cm³/mol. The summed E-state index contributed by atoms with van der Waals surface area (Å²) < 4.78 is 0. The van der Waals surface area contributed by atoms with Crippen LogP contribution in [0.3, 0.4) is 0 Å². The fraction of sp³-hybridized carbons (Fsp3) is 0.0169. The molecule has 0 saturated heterocycles. The van der Waals surface area contributed by atoms with Gasteiger partial charge in [-0.1, -0.05) is 206 Å². The molecule has 1 spiro atoms. The minimum absolute atomic E-state index is 0.458. The molecule has 0 aliphatic heterocycles. The summed E-state index contributed by atoms with van der Waals surface area (Å²) in [5.41, 5.74) is 17.1. The molecule has 11 aromatic rings. The summed E-state index contributed by atoms with van der Waals surface area (Å²) in [6, 6.07) is 79.7. The lowest BCUT2D eigenvalue weighted by Gasteiger charge is -2.30. The molecular weight excluding hydrogens is 737 g/mol. The molecule has 10 aromatic carbocycles. The van der Waals surface area contributed by atoms with Crippen molar-refractivity contribution in [2.75, 3.05) is 0 Å². The zero-order chi connectivity index (χ0) is 40.1. The molecule has 1 heterocycles. The Balaban J connectivity index is 1.15. The van der Waals surface area contributed by atoms with Crippen LogP contribution in [0.4, 0.5) is 0 Å². The van der Waals surface area contributed by atoms with Gasteiger partial charge in [0.05, 0.1) is 16.8 Å². The maximum Gasteiger partial charge on any atom is 0.161 e.